The molecule has 1 aromatic carbocycles. The lowest BCUT2D eigenvalue weighted by Crippen LogP contribution is -2.44. The van der Waals surface area contributed by atoms with Gasteiger partial charge >= 0.3 is 12.0 Å². The highest BCUT2D eigenvalue weighted by Crippen LogP contribution is 2.38. The molecule has 0 radical (unpaired) electrons. The highest BCUT2D eigenvalue weighted by Gasteiger charge is 2.39. The molecule has 1 fully saturated rings. The Morgan fingerprint density at radius 3 is 2.60 bits per heavy atom. The fourth-order valence-corrected chi connectivity index (χ4v) is 3.11. The van der Waals surface area contributed by atoms with Crippen LogP contribution in [-0.2, 0) is 11.2 Å². The molecule has 1 saturated carbocycles. The molecule has 0 aromatic heterocycles. The fourth-order valence-electron chi connectivity index (χ4n) is 3.11. The van der Waals surface area contributed by atoms with E-state index in [4.69, 9.17) is 5.11 Å². The van der Waals surface area contributed by atoms with E-state index in [1.165, 1.54) is 0 Å². The number of carboxylic acid groups (broad SMARTS) is 1. The van der Waals surface area contributed by atoms with Crippen LogP contribution in [0.4, 0.5) is 13.6 Å². The Labute approximate surface area is 145 Å². The molecule has 25 heavy (non-hydrogen) atoms. The van der Waals surface area contributed by atoms with Crippen molar-refractivity contribution < 1.29 is 23.5 Å². The number of aliphatic carboxylic acids is 1. The SMILES string of the molecule is O=C(O)CCC(Cc1ccccc1)NC(=O)NCC1CCC(F)(F)C1. The number of amides is 2. The van der Waals surface area contributed by atoms with Crippen molar-refractivity contribution in [2.45, 2.75) is 50.5 Å². The summed E-state index contributed by atoms with van der Waals surface area (Å²) in [7, 11) is 0. The van der Waals surface area contributed by atoms with Crippen LogP contribution in [0.3, 0.4) is 0 Å². The van der Waals surface area contributed by atoms with Gasteiger partial charge in [-0.1, -0.05) is 30.3 Å². The van der Waals surface area contributed by atoms with Crippen molar-refractivity contribution in [3.05, 3.63) is 35.9 Å². The quantitative estimate of drug-likeness (QED) is 0.671. The molecular weight excluding hydrogens is 330 g/mol. The first-order valence-corrected chi connectivity index (χ1v) is 8.52. The lowest BCUT2D eigenvalue weighted by atomic mass is 10.0. The molecule has 0 heterocycles. The van der Waals surface area contributed by atoms with Crippen molar-refractivity contribution in [3.8, 4) is 0 Å². The van der Waals surface area contributed by atoms with Crippen molar-refractivity contribution in [1.82, 2.24) is 10.6 Å². The highest BCUT2D eigenvalue weighted by atomic mass is 19.3. The Morgan fingerprint density at radius 2 is 2.00 bits per heavy atom. The Balaban J connectivity index is 1.82. The molecule has 7 heteroatoms. The lowest BCUT2D eigenvalue weighted by molar-refractivity contribution is -0.137. The zero-order valence-corrected chi connectivity index (χ0v) is 14.0. The summed E-state index contributed by atoms with van der Waals surface area (Å²) in [6.07, 6.45) is 0.852. The van der Waals surface area contributed by atoms with Crippen LogP contribution in [-0.4, -0.2) is 35.6 Å². The maximum Gasteiger partial charge on any atom is 0.315 e. The summed E-state index contributed by atoms with van der Waals surface area (Å²) in [6.45, 7) is 0.207. The summed E-state index contributed by atoms with van der Waals surface area (Å²) in [6, 6.07) is 8.69. The van der Waals surface area contributed by atoms with Gasteiger partial charge in [-0.25, -0.2) is 13.6 Å². The molecule has 1 aromatic rings. The van der Waals surface area contributed by atoms with E-state index in [1.807, 2.05) is 30.3 Å². The van der Waals surface area contributed by atoms with Crippen LogP contribution < -0.4 is 10.6 Å². The van der Waals surface area contributed by atoms with Crippen LogP contribution in [0, 0.1) is 5.92 Å². The Kier molecular flexibility index (Phi) is 6.73. The summed E-state index contributed by atoms with van der Waals surface area (Å²) in [5, 5.41) is 14.3. The number of carboxylic acids is 1. The zero-order chi connectivity index (χ0) is 18.3. The van der Waals surface area contributed by atoms with Gasteiger partial charge in [0.15, 0.2) is 0 Å². The van der Waals surface area contributed by atoms with E-state index in [9.17, 15) is 18.4 Å². The molecule has 2 atom stereocenters. The van der Waals surface area contributed by atoms with Gasteiger partial charge in [0, 0.05) is 31.8 Å². The third kappa shape index (κ3) is 7.07. The molecule has 0 bridgehead atoms. The number of rotatable bonds is 8. The average molecular weight is 354 g/mol. The van der Waals surface area contributed by atoms with Crippen LogP contribution in [0.1, 0.15) is 37.7 Å². The number of hydrogen-bond donors (Lipinski definition) is 3. The predicted molar refractivity (Wildman–Crippen MR) is 89.6 cm³/mol. The van der Waals surface area contributed by atoms with E-state index in [1.54, 1.807) is 0 Å². The number of carbonyl (C=O) groups excluding carboxylic acids is 1. The first-order valence-electron chi connectivity index (χ1n) is 8.52. The smallest absolute Gasteiger partial charge is 0.315 e. The molecule has 0 saturated heterocycles. The largest absolute Gasteiger partial charge is 0.481 e. The van der Waals surface area contributed by atoms with Gasteiger partial charge in [0.25, 0.3) is 0 Å². The van der Waals surface area contributed by atoms with Crippen LogP contribution in [0.15, 0.2) is 30.3 Å². The normalized spacial score (nSPS) is 20.0. The van der Waals surface area contributed by atoms with Crippen LogP contribution >= 0.6 is 0 Å². The van der Waals surface area contributed by atoms with Gasteiger partial charge in [0.05, 0.1) is 0 Å². The van der Waals surface area contributed by atoms with E-state index in [0.717, 1.165) is 5.56 Å². The second-order valence-electron chi connectivity index (χ2n) is 6.64. The third-order valence-corrected chi connectivity index (χ3v) is 4.42. The van der Waals surface area contributed by atoms with Crippen molar-refractivity contribution in [3.63, 3.8) is 0 Å². The highest BCUT2D eigenvalue weighted by molar-refractivity contribution is 5.74. The minimum absolute atomic E-state index is 0.0490. The van der Waals surface area contributed by atoms with Gasteiger partial charge in [-0.2, -0.15) is 0 Å². The van der Waals surface area contributed by atoms with Crippen LogP contribution in [0.2, 0.25) is 0 Å². The van der Waals surface area contributed by atoms with E-state index in [-0.39, 0.29) is 37.8 Å². The summed E-state index contributed by atoms with van der Waals surface area (Å²) in [4.78, 5) is 22.9. The number of hydrogen-bond acceptors (Lipinski definition) is 2. The van der Waals surface area contributed by atoms with Crippen molar-refractivity contribution in [2.75, 3.05) is 6.54 Å². The number of benzene rings is 1. The number of alkyl halides is 2. The molecule has 138 valence electrons. The standard InChI is InChI=1S/C18H24F2N2O3/c19-18(20)9-8-14(11-18)12-21-17(25)22-15(6-7-16(23)24)10-13-4-2-1-3-5-13/h1-5,14-15H,6-12H2,(H,23,24)(H2,21,22,25). The first kappa shape index (κ1) is 19.1. The Bertz CT molecular complexity index is 581. The van der Waals surface area contributed by atoms with Gasteiger partial charge in [0.1, 0.15) is 0 Å². The second kappa shape index (κ2) is 8.78. The molecule has 3 N–H and O–H groups in total. The van der Waals surface area contributed by atoms with E-state index in [2.05, 4.69) is 10.6 Å². The summed E-state index contributed by atoms with van der Waals surface area (Å²) >= 11 is 0. The van der Waals surface area contributed by atoms with Gasteiger partial charge in [-0.3, -0.25) is 4.79 Å². The molecule has 5 nitrogen and oxygen atoms in total. The van der Waals surface area contributed by atoms with Gasteiger partial charge < -0.3 is 15.7 Å². The molecule has 2 unspecified atom stereocenters. The molecule has 0 aliphatic heterocycles. The van der Waals surface area contributed by atoms with Gasteiger partial charge in [0.2, 0.25) is 5.92 Å². The summed E-state index contributed by atoms with van der Waals surface area (Å²) in [5.41, 5.74) is 0.994. The van der Waals surface area contributed by atoms with Crippen molar-refractivity contribution >= 4 is 12.0 Å². The predicted octanol–water partition coefficient (Wildman–Crippen LogP) is 3.20. The second-order valence-corrected chi connectivity index (χ2v) is 6.64. The Morgan fingerprint density at radius 1 is 1.28 bits per heavy atom. The van der Waals surface area contributed by atoms with E-state index in [0.29, 0.717) is 19.3 Å². The molecule has 1 aliphatic carbocycles. The van der Waals surface area contributed by atoms with Crippen LogP contribution in [0.25, 0.3) is 0 Å². The molecular formula is C18H24F2N2O3. The molecule has 1 aliphatic rings. The lowest BCUT2D eigenvalue weighted by Gasteiger charge is -2.20. The number of urea groups is 1. The summed E-state index contributed by atoms with van der Waals surface area (Å²) in [5.74, 6) is -3.76. The topological polar surface area (TPSA) is 78.4 Å². The third-order valence-electron chi connectivity index (χ3n) is 4.42. The number of nitrogens with one attached hydrogen (secondary N) is 2. The van der Waals surface area contributed by atoms with Gasteiger partial charge in [-0.15, -0.1) is 0 Å². The number of halogens is 2. The van der Waals surface area contributed by atoms with E-state index >= 15 is 0 Å². The average Bonchev–Trinajstić information content (AvgIpc) is 2.91. The minimum Gasteiger partial charge on any atom is -0.481 e. The Hall–Kier alpha value is -2.18. The monoisotopic (exact) mass is 354 g/mol. The maximum absolute atomic E-state index is 13.2. The molecule has 0 spiro atoms. The van der Waals surface area contributed by atoms with Crippen LogP contribution in [0.5, 0.6) is 0 Å². The van der Waals surface area contributed by atoms with E-state index < -0.39 is 17.9 Å². The molecule has 2 amide bonds. The van der Waals surface area contributed by atoms with Crippen molar-refractivity contribution in [2.24, 2.45) is 5.92 Å². The van der Waals surface area contributed by atoms with Gasteiger partial charge in [-0.05, 0) is 30.7 Å². The number of carbonyl (C=O) groups is 2. The first-order chi connectivity index (χ1) is 11.8. The van der Waals surface area contributed by atoms with Crippen molar-refractivity contribution in [1.29, 1.82) is 0 Å². The summed E-state index contributed by atoms with van der Waals surface area (Å²) < 4.78 is 26.3. The minimum atomic E-state index is -2.62. The molecule has 2 rings (SSSR count). The zero-order valence-electron chi connectivity index (χ0n) is 14.0. The maximum atomic E-state index is 13.2. The fraction of sp³-hybridized carbons (Fsp3) is 0.556.